The van der Waals surface area contributed by atoms with Crippen molar-refractivity contribution >= 4 is 17.7 Å². The third kappa shape index (κ3) is 3.78. The molecule has 0 radical (unpaired) electrons. The second kappa shape index (κ2) is 6.04. The monoisotopic (exact) mass is 292 g/mol. The summed E-state index contributed by atoms with van der Waals surface area (Å²) in [4.78, 5) is 22.4. The predicted octanol–water partition coefficient (Wildman–Crippen LogP) is 0.447. The zero-order valence-corrected chi connectivity index (χ0v) is 11.0. The number of ether oxygens (including phenoxy) is 1. The van der Waals surface area contributed by atoms with E-state index in [1.807, 2.05) is 0 Å². The molecule has 1 aromatic carbocycles. The van der Waals surface area contributed by atoms with Gasteiger partial charge in [0.05, 0.1) is 0 Å². The van der Waals surface area contributed by atoms with Crippen LogP contribution in [0.2, 0.25) is 0 Å². The fourth-order valence-electron chi connectivity index (χ4n) is 1.62. The molecule has 2 aromatic rings. The van der Waals surface area contributed by atoms with Crippen LogP contribution in [0.1, 0.15) is 15.9 Å². The molecule has 0 atom stereocenters. The summed E-state index contributed by atoms with van der Waals surface area (Å²) in [6.45, 7) is -0.376. The number of carbonyl (C=O) groups excluding carboxylic acids is 2. The van der Waals surface area contributed by atoms with E-state index in [1.54, 1.807) is 0 Å². The maximum atomic E-state index is 13.7. The van der Waals surface area contributed by atoms with E-state index in [2.05, 4.69) is 5.10 Å². The molecule has 0 aliphatic heterocycles. The summed E-state index contributed by atoms with van der Waals surface area (Å²) in [6.07, 6.45) is 1.53. The molecular formula is C13H13FN4O3. The SMILES string of the molecule is NC(=O)c1ccc(COC(=O)Cn2ccc(N)n2)c(F)c1. The highest BCUT2D eigenvalue weighted by molar-refractivity contribution is 5.92. The molecule has 0 bridgehead atoms. The van der Waals surface area contributed by atoms with Crippen molar-refractivity contribution in [1.82, 2.24) is 9.78 Å². The number of benzene rings is 1. The highest BCUT2D eigenvalue weighted by Gasteiger charge is 2.10. The second-order valence-electron chi connectivity index (χ2n) is 4.27. The minimum absolute atomic E-state index is 0.0505. The average molecular weight is 292 g/mol. The van der Waals surface area contributed by atoms with Crippen LogP contribution in [0, 0.1) is 5.82 Å². The Balaban J connectivity index is 1.93. The topological polar surface area (TPSA) is 113 Å². The number of esters is 1. The van der Waals surface area contributed by atoms with Crippen molar-refractivity contribution in [2.24, 2.45) is 5.73 Å². The first kappa shape index (κ1) is 14.5. The number of nitrogen functional groups attached to an aromatic ring is 1. The van der Waals surface area contributed by atoms with Crippen LogP contribution in [0.5, 0.6) is 0 Å². The van der Waals surface area contributed by atoms with E-state index in [9.17, 15) is 14.0 Å². The number of nitrogens with zero attached hydrogens (tertiary/aromatic N) is 2. The molecule has 0 unspecified atom stereocenters. The number of aromatic nitrogens is 2. The summed E-state index contributed by atoms with van der Waals surface area (Å²) < 4.78 is 19.9. The first-order chi connectivity index (χ1) is 9.95. The van der Waals surface area contributed by atoms with Gasteiger partial charge in [-0.1, -0.05) is 6.07 Å². The Bertz CT molecular complexity index is 684. The minimum atomic E-state index is -0.728. The average Bonchev–Trinajstić information content (AvgIpc) is 2.82. The summed E-state index contributed by atoms with van der Waals surface area (Å²) in [6, 6.07) is 5.24. The van der Waals surface area contributed by atoms with Gasteiger partial charge in [0.2, 0.25) is 5.91 Å². The second-order valence-corrected chi connectivity index (χ2v) is 4.27. The van der Waals surface area contributed by atoms with Gasteiger partial charge in [0.25, 0.3) is 0 Å². The van der Waals surface area contributed by atoms with Gasteiger partial charge in [0.15, 0.2) is 0 Å². The first-order valence-corrected chi connectivity index (χ1v) is 5.98. The van der Waals surface area contributed by atoms with Gasteiger partial charge in [0.1, 0.15) is 24.8 Å². The van der Waals surface area contributed by atoms with Crippen molar-refractivity contribution < 1.29 is 18.7 Å². The normalized spacial score (nSPS) is 10.3. The van der Waals surface area contributed by atoms with Gasteiger partial charge in [-0.2, -0.15) is 5.10 Å². The van der Waals surface area contributed by atoms with Crippen molar-refractivity contribution in [3.63, 3.8) is 0 Å². The number of halogens is 1. The van der Waals surface area contributed by atoms with Gasteiger partial charge in [0, 0.05) is 17.3 Å². The Hall–Kier alpha value is -2.90. The lowest BCUT2D eigenvalue weighted by Gasteiger charge is -2.07. The van der Waals surface area contributed by atoms with Gasteiger partial charge in [-0.05, 0) is 18.2 Å². The molecule has 0 fully saturated rings. The molecule has 0 aliphatic carbocycles. The van der Waals surface area contributed by atoms with E-state index in [-0.39, 0.29) is 30.1 Å². The number of rotatable bonds is 5. The van der Waals surface area contributed by atoms with Crippen LogP contribution in [-0.2, 0) is 22.7 Å². The number of primary amides is 1. The van der Waals surface area contributed by atoms with Crippen LogP contribution < -0.4 is 11.5 Å². The summed E-state index contributed by atoms with van der Waals surface area (Å²) in [5.74, 6) is -1.69. The van der Waals surface area contributed by atoms with Gasteiger partial charge >= 0.3 is 5.97 Å². The van der Waals surface area contributed by atoms with Crippen molar-refractivity contribution in [2.75, 3.05) is 5.73 Å². The van der Waals surface area contributed by atoms with Crippen LogP contribution in [0.25, 0.3) is 0 Å². The van der Waals surface area contributed by atoms with E-state index in [1.165, 1.54) is 29.1 Å². The molecule has 8 heteroatoms. The third-order valence-corrected chi connectivity index (χ3v) is 2.68. The lowest BCUT2D eigenvalue weighted by molar-refractivity contribution is -0.145. The summed E-state index contributed by atoms with van der Waals surface area (Å²) >= 11 is 0. The van der Waals surface area contributed by atoms with Gasteiger partial charge in [-0.25, -0.2) is 4.39 Å². The van der Waals surface area contributed by atoms with Gasteiger partial charge in [-0.3, -0.25) is 14.3 Å². The van der Waals surface area contributed by atoms with Crippen molar-refractivity contribution in [3.05, 3.63) is 47.4 Å². The molecule has 21 heavy (non-hydrogen) atoms. The lowest BCUT2D eigenvalue weighted by Crippen LogP contribution is -2.15. The fraction of sp³-hybridized carbons (Fsp3) is 0.154. The Labute approximate surface area is 119 Å². The van der Waals surface area contributed by atoms with Crippen molar-refractivity contribution in [3.8, 4) is 0 Å². The quantitative estimate of drug-likeness (QED) is 0.777. The maximum absolute atomic E-state index is 13.7. The summed E-state index contributed by atoms with van der Waals surface area (Å²) in [5.41, 5.74) is 10.6. The fourth-order valence-corrected chi connectivity index (χ4v) is 1.62. The van der Waals surface area contributed by atoms with Crippen molar-refractivity contribution in [2.45, 2.75) is 13.2 Å². The van der Waals surface area contributed by atoms with Gasteiger partial charge < -0.3 is 16.2 Å². The standard InChI is InChI=1S/C13H13FN4O3/c14-10-5-8(13(16)20)1-2-9(10)7-21-12(19)6-18-4-3-11(15)17-18/h1-5H,6-7H2,(H2,15,17)(H2,16,20). The zero-order valence-electron chi connectivity index (χ0n) is 11.0. The minimum Gasteiger partial charge on any atom is -0.459 e. The van der Waals surface area contributed by atoms with Crippen LogP contribution in [-0.4, -0.2) is 21.7 Å². The first-order valence-electron chi connectivity index (χ1n) is 5.98. The zero-order chi connectivity index (χ0) is 15.4. The molecule has 0 aliphatic rings. The van der Waals surface area contributed by atoms with Gasteiger partial charge in [-0.15, -0.1) is 0 Å². The number of carbonyl (C=O) groups is 2. The summed E-state index contributed by atoms with van der Waals surface area (Å²) in [5, 5.41) is 3.82. The molecule has 7 nitrogen and oxygen atoms in total. The highest BCUT2D eigenvalue weighted by Crippen LogP contribution is 2.11. The van der Waals surface area contributed by atoms with Crippen LogP contribution in [0.15, 0.2) is 30.5 Å². The van der Waals surface area contributed by atoms with E-state index >= 15 is 0 Å². The third-order valence-electron chi connectivity index (χ3n) is 2.68. The van der Waals surface area contributed by atoms with E-state index in [4.69, 9.17) is 16.2 Å². The Morgan fingerprint density at radius 1 is 1.33 bits per heavy atom. The molecule has 110 valence electrons. The maximum Gasteiger partial charge on any atom is 0.328 e. The number of anilines is 1. The van der Waals surface area contributed by atoms with Crippen LogP contribution in [0.4, 0.5) is 10.2 Å². The lowest BCUT2D eigenvalue weighted by atomic mass is 10.1. The van der Waals surface area contributed by atoms with Crippen LogP contribution in [0.3, 0.4) is 0 Å². The summed E-state index contributed by atoms with van der Waals surface area (Å²) in [7, 11) is 0. The smallest absolute Gasteiger partial charge is 0.328 e. The number of hydrogen-bond donors (Lipinski definition) is 2. The van der Waals surface area contributed by atoms with E-state index in [0.717, 1.165) is 6.07 Å². The highest BCUT2D eigenvalue weighted by atomic mass is 19.1. The molecule has 2 rings (SSSR count). The van der Waals surface area contributed by atoms with E-state index < -0.39 is 17.7 Å². The number of amides is 1. The van der Waals surface area contributed by atoms with Crippen LogP contribution >= 0.6 is 0 Å². The molecular weight excluding hydrogens is 279 g/mol. The number of hydrogen-bond acceptors (Lipinski definition) is 5. The Kier molecular flexibility index (Phi) is 4.17. The molecule has 0 saturated heterocycles. The van der Waals surface area contributed by atoms with Crippen molar-refractivity contribution in [1.29, 1.82) is 0 Å². The molecule has 1 amide bonds. The molecule has 1 heterocycles. The predicted molar refractivity (Wildman–Crippen MR) is 71.4 cm³/mol. The number of nitrogens with two attached hydrogens (primary N) is 2. The van der Waals surface area contributed by atoms with E-state index in [0.29, 0.717) is 0 Å². The largest absolute Gasteiger partial charge is 0.459 e. The Morgan fingerprint density at radius 3 is 2.67 bits per heavy atom. The molecule has 0 saturated carbocycles. The molecule has 4 N–H and O–H groups in total. The molecule has 1 aromatic heterocycles. The molecule has 0 spiro atoms. The Morgan fingerprint density at radius 2 is 2.10 bits per heavy atom.